The molecule has 0 saturated carbocycles. The third kappa shape index (κ3) is 3.10. The van der Waals surface area contributed by atoms with Gasteiger partial charge < -0.3 is 11.1 Å². The molecule has 19 heavy (non-hydrogen) atoms. The first-order valence-electron chi connectivity index (χ1n) is 5.14. The number of hydrogen-bond donors (Lipinski definition) is 2. The summed E-state index contributed by atoms with van der Waals surface area (Å²) in [5.74, 6) is -0.464. The minimum absolute atomic E-state index is 0.133. The first-order chi connectivity index (χ1) is 8.99. The van der Waals surface area contributed by atoms with Gasteiger partial charge in [0.25, 0.3) is 5.91 Å². The van der Waals surface area contributed by atoms with Gasteiger partial charge in [0.1, 0.15) is 0 Å². The van der Waals surface area contributed by atoms with E-state index in [1.165, 1.54) is 24.5 Å². The fraction of sp³-hybridized carbons (Fsp3) is 0. The number of nitrogens with two attached hydrogens (primary N) is 1. The third-order valence-corrected chi connectivity index (χ3v) is 3.44. The van der Waals surface area contributed by atoms with Gasteiger partial charge in [-0.2, -0.15) is 0 Å². The van der Waals surface area contributed by atoms with Crippen LogP contribution in [0, 0.1) is 0 Å². The zero-order valence-corrected chi connectivity index (χ0v) is 11.7. The average Bonchev–Trinajstić information content (AvgIpc) is 2.36. The van der Waals surface area contributed by atoms with Gasteiger partial charge in [0.15, 0.2) is 0 Å². The van der Waals surface area contributed by atoms with Crippen molar-refractivity contribution in [3.8, 4) is 0 Å². The number of pyridine rings is 1. The molecule has 0 radical (unpaired) electrons. The van der Waals surface area contributed by atoms with Crippen molar-refractivity contribution in [1.82, 2.24) is 4.98 Å². The van der Waals surface area contributed by atoms with E-state index in [1.807, 2.05) is 0 Å². The van der Waals surface area contributed by atoms with Gasteiger partial charge in [-0.1, -0.05) is 34.8 Å². The number of nitrogen functional groups attached to an aromatic ring is 1. The Hall–Kier alpha value is -1.49. The van der Waals surface area contributed by atoms with Gasteiger partial charge in [-0.3, -0.25) is 9.78 Å². The average molecular weight is 317 g/mol. The molecule has 2 aromatic rings. The Morgan fingerprint density at radius 1 is 1.21 bits per heavy atom. The number of benzene rings is 1. The van der Waals surface area contributed by atoms with Gasteiger partial charge >= 0.3 is 0 Å². The van der Waals surface area contributed by atoms with Crippen molar-refractivity contribution in [2.75, 3.05) is 11.1 Å². The highest BCUT2D eigenvalue weighted by Gasteiger charge is 2.15. The number of carbonyl (C=O) groups is 1. The number of anilines is 2. The topological polar surface area (TPSA) is 68.0 Å². The smallest absolute Gasteiger partial charge is 0.257 e. The molecule has 0 spiro atoms. The number of nitrogens with one attached hydrogen (secondary N) is 1. The summed E-state index contributed by atoms with van der Waals surface area (Å²) in [6.07, 6.45) is 2.95. The molecule has 98 valence electrons. The van der Waals surface area contributed by atoms with Crippen LogP contribution in [0.15, 0.2) is 30.6 Å². The lowest BCUT2D eigenvalue weighted by atomic mass is 10.2. The van der Waals surface area contributed by atoms with E-state index in [0.29, 0.717) is 16.4 Å². The summed E-state index contributed by atoms with van der Waals surface area (Å²) in [5, 5.41) is 3.30. The number of hydrogen-bond acceptors (Lipinski definition) is 3. The molecule has 0 aliphatic rings. The number of amides is 1. The summed E-state index contributed by atoms with van der Waals surface area (Å²) >= 11 is 17.8. The van der Waals surface area contributed by atoms with E-state index in [4.69, 9.17) is 40.5 Å². The largest absolute Gasteiger partial charge is 0.399 e. The quantitative estimate of drug-likeness (QED) is 0.826. The van der Waals surface area contributed by atoms with Crippen LogP contribution in [0.2, 0.25) is 15.1 Å². The summed E-state index contributed by atoms with van der Waals surface area (Å²) in [5.41, 5.74) is 6.52. The summed E-state index contributed by atoms with van der Waals surface area (Å²) in [4.78, 5) is 16.0. The van der Waals surface area contributed by atoms with Gasteiger partial charge in [0, 0.05) is 11.9 Å². The second kappa shape index (κ2) is 5.65. The van der Waals surface area contributed by atoms with Crippen molar-refractivity contribution >= 4 is 52.1 Å². The third-order valence-electron chi connectivity index (χ3n) is 2.31. The fourth-order valence-corrected chi connectivity index (χ4v) is 2.01. The van der Waals surface area contributed by atoms with Crippen LogP contribution in [0.1, 0.15) is 10.4 Å². The molecule has 4 nitrogen and oxygen atoms in total. The molecule has 0 aliphatic carbocycles. The zero-order valence-electron chi connectivity index (χ0n) is 9.45. The molecule has 1 aromatic heterocycles. The number of aromatic nitrogens is 1. The standard InChI is InChI=1S/C12H8Cl3N3O/c13-8-1-2-17-5-10(8)18-12(19)7-3-6(16)4-9(14)11(7)15/h1-5H,16H2,(H,18,19). The molecule has 0 atom stereocenters. The molecule has 3 N–H and O–H groups in total. The van der Waals surface area contributed by atoms with Crippen molar-refractivity contribution < 1.29 is 4.79 Å². The van der Waals surface area contributed by atoms with Crippen LogP contribution < -0.4 is 11.1 Å². The Balaban J connectivity index is 2.33. The summed E-state index contributed by atoms with van der Waals surface area (Å²) in [6.45, 7) is 0. The minimum Gasteiger partial charge on any atom is -0.399 e. The summed E-state index contributed by atoms with van der Waals surface area (Å²) in [7, 11) is 0. The normalized spacial score (nSPS) is 10.3. The first kappa shape index (κ1) is 13.9. The molecule has 0 unspecified atom stereocenters. The molecule has 1 aromatic carbocycles. The van der Waals surface area contributed by atoms with Crippen LogP contribution in [-0.4, -0.2) is 10.9 Å². The molecule has 1 heterocycles. The van der Waals surface area contributed by atoms with Crippen molar-refractivity contribution in [2.45, 2.75) is 0 Å². The molecule has 0 saturated heterocycles. The molecule has 7 heteroatoms. The van der Waals surface area contributed by atoms with Gasteiger partial charge in [0.05, 0.1) is 32.5 Å². The Morgan fingerprint density at radius 2 is 1.95 bits per heavy atom. The Bertz CT molecular complexity index is 646. The van der Waals surface area contributed by atoms with Crippen LogP contribution in [-0.2, 0) is 0 Å². The molecule has 0 aliphatic heterocycles. The number of rotatable bonds is 2. The number of nitrogens with zero attached hydrogens (tertiary/aromatic N) is 1. The van der Waals surface area contributed by atoms with Gasteiger partial charge in [-0.05, 0) is 18.2 Å². The lowest BCUT2D eigenvalue weighted by Crippen LogP contribution is -2.13. The van der Waals surface area contributed by atoms with Crippen molar-refractivity contribution in [1.29, 1.82) is 0 Å². The van der Waals surface area contributed by atoms with Crippen LogP contribution in [0.3, 0.4) is 0 Å². The van der Waals surface area contributed by atoms with Crippen LogP contribution in [0.25, 0.3) is 0 Å². The van der Waals surface area contributed by atoms with E-state index in [0.717, 1.165) is 0 Å². The molecule has 0 bridgehead atoms. The van der Waals surface area contributed by atoms with E-state index in [-0.39, 0.29) is 15.6 Å². The molecule has 2 rings (SSSR count). The number of carbonyl (C=O) groups excluding carboxylic acids is 1. The monoisotopic (exact) mass is 315 g/mol. The Morgan fingerprint density at radius 3 is 2.63 bits per heavy atom. The van der Waals surface area contributed by atoms with Gasteiger partial charge in [0.2, 0.25) is 0 Å². The highest BCUT2D eigenvalue weighted by Crippen LogP contribution is 2.30. The second-order valence-electron chi connectivity index (χ2n) is 3.67. The molecular weight excluding hydrogens is 309 g/mol. The van der Waals surface area contributed by atoms with E-state index in [2.05, 4.69) is 10.3 Å². The minimum atomic E-state index is -0.464. The SMILES string of the molecule is Nc1cc(Cl)c(Cl)c(C(=O)Nc2cnccc2Cl)c1. The molecular formula is C12H8Cl3N3O. The van der Waals surface area contributed by atoms with Crippen LogP contribution in [0.4, 0.5) is 11.4 Å². The highest BCUT2D eigenvalue weighted by molar-refractivity contribution is 6.44. The lowest BCUT2D eigenvalue weighted by molar-refractivity contribution is 0.102. The predicted octanol–water partition coefficient (Wildman–Crippen LogP) is 3.88. The number of halogens is 3. The zero-order chi connectivity index (χ0) is 14.0. The van der Waals surface area contributed by atoms with Crippen molar-refractivity contribution in [3.63, 3.8) is 0 Å². The predicted molar refractivity (Wildman–Crippen MR) is 78.1 cm³/mol. The highest BCUT2D eigenvalue weighted by atomic mass is 35.5. The van der Waals surface area contributed by atoms with E-state index < -0.39 is 5.91 Å². The van der Waals surface area contributed by atoms with E-state index in [9.17, 15) is 4.79 Å². The first-order valence-corrected chi connectivity index (χ1v) is 6.28. The van der Waals surface area contributed by atoms with Crippen molar-refractivity contribution in [3.05, 3.63) is 51.2 Å². The van der Waals surface area contributed by atoms with E-state index >= 15 is 0 Å². The lowest BCUT2D eigenvalue weighted by Gasteiger charge is -2.09. The second-order valence-corrected chi connectivity index (χ2v) is 4.87. The van der Waals surface area contributed by atoms with Crippen LogP contribution >= 0.6 is 34.8 Å². The maximum atomic E-state index is 12.1. The summed E-state index contributed by atoms with van der Waals surface area (Å²) in [6, 6.07) is 4.47. The molecule has 0 fully saturated rings. The van der Waals surface area contributed by atoms with Gasteiger partial charge in [-0.15, -0.1) is 0 Å². The maximum absolute atomic E-state index is 12.1. The summed E-state index contributed by atoms with van der Waals surface area (Å²) < 4.78 is 0. The fourth-order valence-electron chi connectivity index (χ4n) is 1.43. The van der Waals surface area contributed by atoms with Crippen LogP contribution in [0.5, 0.6) is 0 Å². The Labute approximate surface area is 124 Å². The van der Waals surface area contributed by atoms with Gasteiger partial charge in [-0.25, -0.2) is 0 Å². The maximum Gasteiger partial charge on any atom is 0.257 e. The van der Waals surface area contributed by atoms with E-state index in [1.54, 1.807) is 6.07 Å². The molecule has 1 amide bonds. The van der Waals surface area contributed by atoms with Crippen molar-refractivity contribution in [2.24, 2.45) is 0 Å². The Kier molecular flexibility index (Phi) is 4.14.